The van der Waals surface area contributed by atoms with Crippen LogP contribution in [-0.2, 0) is 0 Å². The molecular formula is C11H10F6N2O2. The molecule has 4 nitrogen and oxygen atoms in total. The van der Waals surface area contributed by atoms with Crippen LogP contribution in [0.5, 0.6) is 11.5 Å². The Morgan fingerprint density at radius 1 is 1.05 bits per heavy atom. The summed E-state index contributed by atoms with van der Waals surface area (Å²) in [5.41, 5.74) is 4.82. The molecule has 0 radical (unpaired) electrons. The third kappa shape index (κ3) is 5.79. The van der Waals surface area contributed by atoms with Gasteiger partial charge in [0.15, 0.2) is 0 Å². The van der Waals surface area contributed by atoms with Gasteiger partial charge in [0.1, 0.15) is 29.9 Å². The summed E-state index contributed by atoms with van der Waals surface area (Å²) < 4.78 is 81.5. The lowest BCUT2D eigenvalue weighted by Gasteiger charge is -2.19. The Labute approximate surface area is 115 Å². The van der Waals surface area contributed by atoms with Gasteiger partial charge in [0.05, 0.1) is 0 Å². The number of amidine groups is 1. The van der Waals surface area contributed by atoms with Crippen molar-refractivity contribution in [1.29, 1.82) is 5.41 Å². The fraction of sp³-hybridized carbons (Fsp3) is 0.364. The Morgan fingerprint density at radius 3 is 1.90 bits per heavy atom. The first-order valence-electron chi connectivity index (χ1n) is 5.38. The molecule has 3 N–H and O–H groups in total. The summed E-state index contributed by atoms with van der Waals surface area (Å²) in [5, 5.41) is 6.84. The van der Waals surface area contributed by atoms with E-state index in [4.69, 9.17) is 15.9 Å². The number of rotatable bonds is 5. The molecule has 0 aliphatic heterocycles. The van der Waals surface area contributed by atoms with Crippen molar-refractivity contribution in [1.82, 2.24) is 0 Å². The van der Waals surface area contributed by atoms with Gasteiger partial charge >= 0.3 is 12.5 Å². The molecule has 10 heteroatoms. The van der Waals surface area contributed by atoms with Gasteiger partial charge in [-0.15, -0.1) is 13.2 Å². The average molecular weight is 316 g/mol. The van der Waals surface area contributed by atoms with Crippen LogP contribution in [0.2, 0.25) is 0 Å². The summed E-state index contributed by atoms with van der Waals surface area (Å²) in [7, 11) is 0. The largest absolute Gasteiger partial charge is 0.573 e. The first-order chi connectivity index (χ1) is 9.49. The molecular weight excluding hydrogens is 306 g/mol. The number of nitrogens with two attached hydrogens (primary N) is 1. The Hall–Kier alpha value is -2.13. The second-order valence-electron chi connectivity index (χ2n) is 3.88. The van der Waals surface area contributed by atoms with Crippen molar-refractivity contribution in [3.63, 3.8) is 0 Å². The van der Waals surface area contributed by atoms with Gasteiger partial charge in [-0.1, -0.05) is 0 Å². The number of ether oxygens (including phenoxy) is 2. The highest BCUT2D eigenvalue weighted by molar-refractivity contribution is 5.80. The van der Waals surface area contributed by atoms with Crippen LogP contribution in [0.15, 0.2) is 24.3 Å². The first kappa shape index (κ1) is 16.9. The zero-order valence-electron chi connectivity index (χ0n) is 10.3. The van der Waals surface area contributed by atoms with E-state index in [-0.39, 0.29) is 5.75 Å². The highest BCUT2D eigenvalue weighted by Gasteiger charge is 2.42. The molecule has 1 atom stereocenters. The Kier molecular flexibility index (Phi) is 4.92. The van der Waals surface area contributed by atoms with E-state index in [1.165, 1.54) is 0 Å². The van der Waals surface area contributed by atoms with E-state index in [9.17, 15) is 26.3 Å². The summed E-state index contributed by atoms with van der Waals surface area (Å²) in [6.07, 6.45) is -9.61. The maximum absolute atomic E-state index is 12.5. The van der Waals surface area contributed by atoms with Gasteiger partial charge in [0, 0.05) is 0 Å². The van der Waals surface area contributed by atoms with E-state index < -0.39 is 36.6 Å². The van der Waals surface area contributed by atoms with Crippen molar-refractivity contribution in [3.05, 3.63) is 24.3 Å². The van der Waals surface area contributed by atoms with Crippen molar-refractivity contribution < 1.29 is 35.8 Å². The zero-order valence-corrected chi connectivity index (χ0v) is 10.3. The first-order valence-corrected chi connectivity index (χ1v) is 5.38. The fourth-order valence-corrected chi connectivity index (χ4v) is 1.28. The van der Waals surface area contributed by atoms with Crippen molar-refractivity contribution in [2.24, 2.45) is 11.7 Å². The van der Waals surface area contributed by atoms with Gasteiger partial charge in [0.25, 0.3) is 0 Å². The van der Waals surface area contributed by atoms with Crippen molar-refractivity contribution in [3.8, 4) is 11.5 Å². The maximum atomic E-state index is 12.5. The molecule has 0 saturated carbocycles. The lowest BCUT2D eigenvalue weighted by atomic mass is 10.1. The number of hydrogen-bond acceptors (Lipinski definition) is 3. The molecule has 1 rings (SSSR count). The van der Waals surface area contributed by atoms with E-state index in [1.54, 1.807) is 0 Å². The van der Waals surface area contributed by atoms with Crippen LogP contribution in [0.3, 0.4) is 0 Å². The molecule has 0 amide bonds. The lowest BCUT2D eigenvalue weighted by Crippen LogP contribution is -2.39. The van der Waals surface area contributed by atoms with Crippen LogP contribution in [0, 0.1) is 11.3 Å². The van der Waals surface area contributed by atoms with Crippen molar-refractivity contribution in [2.45, 2.75) is 12.5 Å². The number of alkyl halides is 6. The van der Waals surface area contributed by atoms with E-state index >= 15 is 0 Å². The van der Waals surface area contributed by atoms with Crippen LogP contribution in [-0.4, -0.2) is 25.0 Å². The van der Waals surface area contributed by atoms with E-state index in [1.807, 2.05) is 0 Å². The van der Waals surface area contributed by atoms with Gasteiger partial charge in [0.2, 0.25) is 0 Å². The smallest absolute Gasteiger partial charge is 0.492 e. The van der Waals surface area contributed by atoms with Gasteiger partial charge in [-0.3, -0.25) is 5.41 Å². The third-order valence-corrected chi connectivity index (χ3v) is 2.24. The number of nitrogens with one attached hydrogen (secondary N) is 1. The van der Waals surface area contributed by atoms with Gasteiger partial charge in [-0.05, 0) is 24.3 Å². The van der Waals surface area contributed by atoms with Gasteiger partial charge in [-0.25, -0.2) is 0 Å². The molecule has 0 spiro atoms. The minimum atomic E-state index is -4.86. The normalized spacial score (nSPS) is 13.6. The molecule has 0 aromatic heterocycles. The minimum absolute atomic E-state index is 0.111. The quantitative estimate of drug-likeness (QED) is 0.498. The summed E-state index contributed by atoms with van der Waals surface area (Å²) in [6, 6.07) is 3.79. The SMILES string of the molecule is N=C(N)C(COc1ccc(OC(F)(F)F)cc1)C(F)(F)F. The van der Waals surface area contributed by atoms with Crippen molar-refractivity contribution >= 4 is 5.84 Å². The number of halogens is 6. The zero-order chi connectivity index (χ0) is 16.3. The number of hydrogen-bond donors (Lipinski definition) is 2. The molecule has 0 aliphatic carbocycles. The maximum Gasteiger partial charge on any atom is 0.573 e. The molecule has 0 saturated heterocycles. The molecule has 118 valence electrons. The van der Waals surface area contributed by atoms with Crippen LogP contribution in [0.1, 0.15) is 0 Å². The molecule has 1 aromatic rings. The summed E-state index contributed by atoms with van der Waals surface area (Å²) >= 11 is 0. The summed E-state index contributed by atoms with van der Waals surface area (Å²) in [6.45, 7) is -0.946. The summed E-state index contributed by atoms with van der Waals surface area (Å²) in [5.74, 6) is -4.04. The lowest BCUT2D eigenvalue weighted by molar-refractivity contribution is -0.274. The van der Waals surface area contributed by atoms with Crippen LogP contribution < -0.4 is 15.2 Å². The Balaban J connectivity index is 2.66. The van der Waals surface area contributed by atoms with Gasteiger partial charge in [-0.2, -0.15) is 13.2 Å². The Bertz CT molecular complexity index is 483. The van der Waals surface area contributed by atoms with E-state index in [0.29, 0.717) is 0 Å². The molecule has 1 aromatic carbocycles. The molecule has 0 bridgehead atoms. The van der Waals surface area contributed by atoms with Crippen LogP contribution in [0.25, 0.3) is 0 Å². The van der Waals surface area contributed by atoms with Gasteiger partial charge < -0.3 is 15.2 Å². The van der Waals surface area contributed by atoms with Crippen LogP contribution >= 0.6 is 0 Å². The second-order valence-corrected chi connectivity index (χ2v) is 3.88. The fourth-order valence-electron chi connectivity index (χ4n) is 1.28. The predicted octanol–water partition coefficient (Wildman–Crippen LogP) is 3.08. The predicted molar refractivity (Wildman–Crippen MR) is 60.1 cm³/mol. The summed E-state index contributed by atoms with van der Waals surface area (Å²) in [4.78, 5) is 0. The third-order valence-electron chi connectivity index (χ3n) is 2.24. The number of benzene rings is 1. The highest BCUT2D eigenvalue weighted by Crippen LogP contribution is 2.28. The monoisotopic (exact) mass is 316 g/mol. The topological polar surface area (TPSA) is 68.3 Å². The molecule has 0 heterocycles. The van der Waals surface area contributed by atoms with Crippen molar-refractivity contribution in [2.75, 3.05) is 6.61 Å². The van der Waals surface area contributed by atoms with Crippen LogP contribution in [0.4, 0.5) is 26.3 Å². The molecule has 1 unspecified atom stereocenters. The average Bonchev–Trinajstić information content (AvgIpc) is 2.27. The second kappa shape index (κ2) is 6.10. The molecule has 21 heavy (non-hydrogen) atoms. The Morgan fingerprint density at radius 2 is 1.52 bits per heavy atom. The molecule has 0 aliphatic rings. The van der Waals surface area contributed by atoms with E-state index in [2.05, 4.69) is 4.74 Å². The van der Waals surface area contributed by atoms with E-state index in [0.717, 1.165) is 24.3 Å². The molecule has 0 fully saturated rings. The standard InChI is InChI=1S/C11H10F6N2O2/c12-10(13,14)8(9(18)19)5-20-6-1-3-7(4-2-6)21-11(15,16)17/h1-4,8H,5H2,(H3,18,19). The minimum Gasteiger partial charge on any atom is -0.492 e. The highest BCUT2D eigenvalue weighted by atomic mass is 19.4.